The standard InChI is InChI=1S/C14H22N2S/c1-10-6-5-7-11(2)13(10)9-16(4)8-12(3)14(15)17/h5-7,12H,8-9H2,1-4H3,(H2,15,17). The van der Waals surface area contributed by atoms with Gasteiger partial charge in [-0.05, 0) is 37.6 Å². The second-order valence-electron chi connectivity index (χ2n) is 4.87. The van der Waals surface area contributed by atoms with Crippen LogP contribution in [0.2, 0.25) is 0 Å². The molecule has 0 saturated carbocycles. The predicted molar refractivity (Wildman–Crippen MR) is 78.2 cm³/mol. The van der Waals surface area contributed by atoms with Crippen LogP contribution in [0.4, 0.5) is 0 Å². The molecule has 0 saturated heterocycles. The van der Waals surface area contributed by atoms with Crippen molar-refractivity contribution in [2.75, 3.05) is 13.6 Å². The summed E-state index contributed by atoms with van der Waals surface area (Å²) in [5.41, 5.74) is 9.74. The zero-order valence-electron chi connectivity index (χ0n) is 11.2. The number of hydrogen-bond acceptors (Lipinski definition) is 2. The van der Waals surface area contributed by atoms with E-state index >= 15 is 0 Å². The third-order valence-electron chi connectivity index (χ3n) is 3.14. The first kappa shape index (κ1) is 14.1. The molecule has 1 unspecified atom stereocenters. The van der Waals surface area contributed by atoms with Crippen LogP contribution in [0, 0.1) is 19.8 Å². The maximum atomic E-state index is 5.64. The Balaban J connectivity index is 2.68. The number of benzene rings is 1. The Bertz CT molecular complexity index is 381. The quantitative estimate of drug-likeness (QED) is 0.815. The van der Waals surface area contributed by atoms with Gasteiger partial charge < -0.3 is 10.6 Å². The van der Waals surface area contributed by atoms with Gasteiger partial charge in [-0.2, -0.15) is 0 Å². The van der Waals surface area contributed by atoms with Crippen LogP contribution in [0.25, 0.3) is 0 Å². The normalized spacial score (nSPS) is 12.8. The summed E-state index contributed by atoms with van der Waals surface area (Å²) in [5.74, 6) is 0.263. The van der Waals surface area contributed by atoms with E-state index in [1.54, 1.807) is 0 Å². The van der Waals surface area contributed by atoms with Crippen molar-refractivity contribution in [3.63, 3.8) is 0 Å². The Kier molecular flexibility index (Phi) is 5.09. The van der Waals surface area contributed by atoms with Gasteiger partial charge in [-0.3, -0.25) is 0 Å². The molecule has 0 radical (unpaired) electrons. The molecule has 0 spiro atoms. The summed E-state index contributed by atoms with van der Waals surface area (Å²) in [7, 11) is 2.11. The number of thiocarbonyl (C=S) groups is 1. The predicted octanol–water partition coefficient (Wildman–Crippen LogP) is 2.66. The summed E-state index contributed by atoms with van der Waals surface area (Å²) < 4.78 is 0. The summed E-state index contributed by atoms with van der Waals surface area (Å²) in [6, 6.07) is 6.42. The summed E-state index contributed by atoms with van der Waals surface area (Å²) >= 11 is 5.00. The molecule has 1 aromatic rings. The molecule has 0 aromatic heterocycles. The number of rotatable bonds is 5. The van der Waals surface area contributed by atoms with Crippen LogP contribution in [-0.4, -0.2) is 23.5 Å². The molecule has 0 aliphatic rings. The van der Waals surface area contributed by atoms with Gasteiger partial charge in [-0.15, -0.1) is 0 Å². The first-order valence-electron chi connectivity index (χ1n) is 5.94. The fourth-order valence-electron chi connectivity index (χ4n) is 1.99. The van der Waals surface area contributed by atoms with Crippen molar-refractivity contribution in [1.29, 1.82) is 0 Å². The molecule has 17 heavy (non-hydrogen) atoms. The van der Waals surface area contributed by atoms with E-state index in [-0.39, 0.29) is 5.92 Å². The number of hydrogen-bond donors (Lipinski definition) is 1. The maximum absolute atomic E-state index is 5.64. The fourth-order valence-corrected chi connectivity index (χ4v) is 2.06. The lowest BCUT2D eigenvalue weighted by molar-refractivity contribution is 0.306. The van der Waals surface area contributed by atoms with Crippen molar-refractivity contribution in [2.24, 2.45) is 11.7 Å². The molecule has 3 heteroatoms. The van der Waals surface area contributed by atoms with Gasteiger partial charge in [0.05, 0.1) is 4.99 Å². The first-order chi connectivity index (χ1) is 7.91. The van der Waals surface area contributed by atoms with Crippen LogP contribution in [0.3, 0.4) is 0 Å². The molecule has 94 valence electrons. The maximum Gasteiger partial charge on any atom is 0.0768 e. The van der Waals surface area contributed by atoms with E-state index < -0.39 is 0 Å². The summed E-state index contributed by atoms with van der Waals surface area (Å²) in [5, 5.41) is 0. The largest absolute Gasteiger partial charge is 0.393 e. The molecular weight excluding hydrogens is 228 g/mol. The molecule has 0 aliphatic carbocycles. The average molecular weight is 250 g/mol. The number of nitrogens with two attached hydrogens (primary N) is 1. The van der Waals surface area contributed by atoms with Crippen LogP contribution in [-0.2, 0) is 6.54 Å². The molecule has 1 atom stereocenters. The lowest BCUT2D eigenvalue weighted by Gasteiger charge is -2.22. The lowest BCUT2D eigenvalue weighted by atomic mass is 10.0. The molecule has 0 amide bonds. The fraction of sp³-hybridized carbons (Fsp3) is 0.500. The highest BCUT2D eigenvalue weighted by atomic mass is 32.1. The Labute approximate surface area is 110 Å². The van der Waals surface area contributed by atoms with E-state index in [2.05, 4.69) is 50.9 Å². The molecule has 0 heterocycles. The van der Waals surface area contributed by atoms with Gasteiger partial charge in [0.2, 0.25) is 0 Å². The highest BCUT2D eigenvalue weighted by molar-refractivity contribution is 7.80. The van der Waals surface area contributed by atoms with Gasteiger partial charge in [0.25, 0.3) is 0 Å². The van der Waals surface area contributed by atoms with Crippen molar-refractivity contribution >= 4 is 17.2 Å². The zero-order valence-corrected chi connectivity index (χ0v) is 12.0. The second kappa shape index (κ2) is 6.12. The molecule has 1 aromatic carbocycles. The van der Waals surface area contributed by atoms with Gasteiger partial charge in [0.1, 0.15) is 0 Å². The van der Waals surface area contributed by atoms with Crippen LogP contribution in [0.1, 0.15) is 23.6 Å². The zero-order chi connectivity index (χ0) is 13.0. The van der Waals surface area contributed by atoms with Crippen molar-refractivity contribution < 1.29 is 0 Å². The minimum atomic E-state index is 0.263. The first-order valence-corrected chi connectivity index (χ1v) is 6.35. The summed E-state index contributed by atoms with van der Waals surface area (Å²) in [6.45, 7) is 8.25. The van der Waals surface area contributed by atoms with Crippen LogP contribution in [0.5, 0.6) is 0 Å². The molecular formula is C14H22N2S. The van der Waals surface area contributed by atoms with E-state index in [9.17, 15) is 0 Å². The van der Waals surface area contributed by atoms with Crippen molar-refractivity contribution in [3.05, 3.63) is 34.9 Å². The summed E-state index contributed by atoms with van der Waals surface area (Å²) in [4.78, 5) is 2.87. The van der Waals surface area contributed by atoms with Crippen molar-refractivity contribution in [3.8, 4) is 0 Å². The van der Waals surface area contributed by atoms with Gasteiger partial charge in [-0.25, -0.2) is 0 Å². The van der Waals surface area contributed by atoms with E-state index in [1.807, 2.05) is 0 Å². The third kappa shape index (κ3) is 4.10. The van der Waals surface area contributed by atoms with Gasteiger partial charge >= 0.3 is 0 Å². The van der Waals surface area contributed by atoms with Gasteiger partial charge in [0, 0.05) is 19.0 Å². The average Bonchev–Trinajstić information content (AvgIpc) is 2.23. The molecule has 0 fully saturated rings. The van der Waals surface area contributed by atoms with E-state index in [0.29, 0.717) is 4.99 Å². The highest BCUT2D eigenvalue weighted by Gasteiger charge is 2.11. The Hall–Kier alpha value is -0.930. The van der Waals surface area contributed by atoms with Crippen molar-refractivity contribution in [1.82, 2.24) is 4.90 Å². The Morgan fingerprint density at radius 2 is 1.88 bits per heavy atom. The van der Waals surface area contributed by atoms with E-state index in [4.69, 9.17) is 18.0 Å². The smallest absolute Gasteiger partial charge is 0.0768 e. The van der Waals surface area contributed by atoms with Gasteiger partial charge in [0.15, 0.2) is 0 Å². The topological polar surface area (TPSA) is 29.3 Å². The second-order valence-corrected chi connectivity index (χ2v) is 5.34. The number of aryl methyl sites for hydroxylation is 2. The van der Waals surface area contributed by atoms with Crippen LogP contribution in [0.15, 0.2) is 18.2 Å². The highest BCUT2D eigenvalue weighted by Crippen LogP contribution is 2.15. The molecule has 0 aliphatic heterocycles. The molecule has 0 bridgehead atoms. The van der Waals surface area contributed by atoms with Crippen LogP contribution < -0.4 is 5.73 Å². The third-order valence-corrected chi connectivity index (χ3v) is 3.55. The van der Waals surface area contributed by atoms with Gasteiger partial charge in [-0.1, -0.05) is 37.3 Å². The summed E-state index contributed by atoms with van der Waals surface area (Å²) in [6.07, 6.45) is 0. The Morgan fingerprint density at radius 3 is 2.35 bits per heavy atom. The SMILES string of the molecule is Cc1cccc(C)c1CN(C)CC(C)C(N)=S. The van der Waals surface area contributed by atoms with Crippen LogP contribution >= 0.6 is 12.2 Å². The van der Waals surface area contributed by atoms with E-state index in [1.165, 1.54) is 16.7 Å². The number of nitrogens with zero attached hydrogens (tertiary/aromatic N) is 1. The Morgan fingerprint density at radius 1 is 1.35 bits per heavy atom. The minimum absolute atomic E-state index is 0.263. The molecule has 2 N–H and O–H groups in total. The molecule has 1 rings (SSSR count). The van der Waals surface area contributed by atoms with E-state index in [0.717, 1.165) is 13.1 Å². The monoisotopic (exact) mass is 250 g/mol. The lowest BCUT2D eigenvalue weighted by Crippen LogP contribution is -2.31. The van der Waals surface area contributed by atoms with Crippen molar-refractivity contribution in [2.45, 2.75) is 27.3 Å². The molecule has 2 nitrogen and oxygen atoms in total. The minimum Gasteiger partial charge on any atom is -0.393 e.